The number of rotatable bonds is 3. The Hall–Kier alpha value is -0.880. The average Bonchev–Trinajstić information content (AvgIpc) is 2.17. The predicted octanol–water partition coefficient (Wildman–Crippen LogP) is 2.54. The third kappa shape index (κ3) is 3.32. The van der Waals surface area contributed by atoms with Gasteiger partial charge in [-0.3, -0.25) is 5.41 Å². The van der Waals surface area contributed by atoms with Gasteiger partial charge in [-0.05, 0) is 24.3 Å². The molecule has 0 amide bonds. The SMILES string of the molecule is CCC(=N)OS(=O)(=O)c1ccc(Br)cc1. The maximum absolute atomic E-state index is 11.5. The van der Waals surface area contributed by atoms with Gasteiger partial charge in [0.1, 0.15) is 4.90 Å². The average molecular weight is 292 g/mol. The Morgan fingerprint density at radius 3 is 2.40 bits per heavy atom. The van der Waals surface area contributed by atoms with Gasteiger partial charge in [0.15, 0.2) is 0 Å². The molecule has 0 radical (unpaired) electrons. The van der Waals surface area contributed by atoms with Gasteiger partial charge in [0.2, 0.25) is 5.90 Å². The fourth-order valence-corrected chi connectivity index (χ4v) is 2.05. The van der Waals surface area contributed by atoms with Gasteiger partial charge in [-0.2, -0.15) is 8.42 Å². The van der Waals surface area contributed by atoms with Crippen molar-refractivity contribution in [1.82, 2.24) is 0 Å². The monoisotopic (exact) mass is 291 g/mol. The molecule has 0 aliphatic heterocycles. The molecule has 1 aromatic rings. The summed E-state index contributed by atoms with van der Waals surface area (Å²) in [5.41, 5.74) is 0. The van der Waals surface area contributed by atoms with E-state index in [0.717, 1.165) is 4.47 Å². The molecule has 0 atom stereocenters. The summed E-state index contributed by atoms with van der Waals surface area (Å²) in [6.45, 7) is 1.65. The van der Waals surface area contributed by atoms with Crippen LogP contribution >= 0.6 is 15.9 Å². The summed E-state index contributed by atoms with van der Waals surface area (Å²) in [5, 5.41) is 7.17. The smallest absolute Gasteiger partial charge is 0.340 e. The summed E-state index contributed by atoms with van der Waals surface area (Å²) < 4.78 is 28.4. The van der Waals surface area contributed by atoms with E-state index in [2.05, 4.69) is 20.1 Å². The fraction of sp³-hybridized carbons (Fsp3) is 0.222. The third-order valence-corrected chi connectivity index (χ3v) is 3.43. The zero-order chi connectivity index (χ0) is 11.5. The van der Waals surface area contributed by atoms with Gasteiger partial charge in [0, 0.05) is 10.9 Å². The van der Waals surface area contributed by atoms with Crippen molar-refractivity contribution in [2.45, 2.75) is 18.2 Å². The summed E-state index contributed by atoms with van der Waals surface area (Å²) in [4.78, 5) is 0.0453. The molecule has 0 bridgehead atoms. The Bertz CT molecular complexity index is 453. The lowest BCUT2D eigenvalue weighted by Gasteiger charge is -2.05. The maximum Gasteiger partial charge on any atom is 0.340 e. The van der Waals surface area contributed by atoms with E-state index in [1.54, 1.807) is 19.1 Å². The molecule has 1 N–H and O–H groups in total. The summed E-state index contributed by atoms with van der Waals surface area (Å²) in [6, 6.07) is 6.04. The molecule has 0 aliphatic carbocycles. The van der Waals surface area contributed by atoms with Crippen molar-refractivity contribution in [3.63, 3.8) is 0 Å². The summed E-state index contributed by atoms with van der Waals surface area (Å²) >= 11 is 3.20. The minimum absolute atomic E-state index is 0.0453. The summed E-state index contributed by atoms with van der Waals surface area (Å²) in [5.74, 6) is -0.266. The van der Waals surface area contributed by atoms with Gasteiger partial charge in [0.05, 0.1) is 0 Å². The van der Waals surface area contributed by atoms with Gasteiger partial charge in [-0.15, -0.1) is 0 Å². The lowest BCUT2D eigenvalue weighted by atomic mass is 10.4. The summed E-state index contributed by atoms with van der Waals surface area (Å²) in [6.07, 6.45) is 0.246. The third-order valence-electron chi connectivity index (χ3n) is 1.63. The van der Waals surface area contributed by atoms with Crippen LogP contribution in [0.4, 0.5) is 0 Å². The van der Waals surface area contributed by atoms with Crippen LogP contribution in [-0.2, 0) is 14.3 Å². The predicted molar refractivity (Wildman–Crippen MR) is 60.4 cm³/mol. The van der Waals surface area contributed by atoms with E-state index in [-0.39, 0.29) is 17.2 Å². The number of nitrogens with one attached hydrogen (secondary N) is 1. The highest BCUT2D eigenvalue weighted by molar-refractivity contribution is 9.10. The van der Waals surface area contributed by atoms with Crippen molar-refractivity contribution >= 4 is 31.9 Å². The van der Waals surface area contributed by atoms with E-state index in [1.807, 2.05) is 0 Å². The topological polar surface area (TPSA) is 67.2 Å². The van der Waals surface area contributed by atoms with Crippen molar-refractivity contribution in [3.05, 3.63) is 28.7 Å². The molecule has 0 heterocycles. The van der Waals surface area contributed by atoms with Crippen molar-refractivity contribution < 1.29 is 12.6 Å². The number of benzene rings is 1. The quantitative estimate of drug-likeness (QED) is 0.529. The van der Waals surface area contributed by atoms with Gasteiger partial charge in [-0.1, -0.05) is 22.9 Å². The first-order chi connectivity index (χ1) is 6.95. The second kappa shape index (κ2) is 4.76. The maximum atomic E-state index is 11.5. The molecular formula is C9H10BrNO3S. The van der Waals surface area contributed by atoms with Crippen LogP contribution in [0, 0.1) is 5.41 Å². The van der Waals surface area contributed by atoms with Crippen LogP contribution in [0.25, 0.3) is 0 Å². The Balaban J connectivity index is 2.96. The number of hydrogen-bond acceptors (Lipinski definition) is 4. The Kier molecular flexibility index (Phi) is 3.87. The van der Waals surface area contributed by atoms with Crippen molar-refractivity contribution in [1.29, 1.82) is 5.41 Å². The Labute approximate surface area is 97.0 Å². The van der Waals surface area contributed by atoms with Crippen LogP contribution in [-0.4, -0.2) is 14.3 Å². The molecule has 0 unspecified atom stereocenters. The summed E-state index contributed by atoms with van der Waals surface area (Å²) in [7, 11) is -3.83. The molecule has 15 heavy (non-hydrogen) atoms. The van der Waals surface area contributed by atoms with E-state index in [1.165, 1.54) is 12.1 Å². The Morgan fingerprint density at radius 2 is 1.93 bits per heavy atom. The highest BCUT2D eigenvalue weighted by Crippen LogP contribution is 2.16. The van der Waals surface area contributed by atoms with Crippen molar-refractivity contribution in [2.75, 3.05) is 0 Å². The highest BCUT2D eigenvalue weighted by atomic mass is 79.9. The molecule has 1 rings (SSSR count). The van der Waals surface area contributed by atoms with E-state index < -0.39 is 10.1 Å². The first kappa shape index (κ1) is 12.2. The molecular weight excluding hydrogens is 282 g/mol. The molecule has 82 valence electrons. The van der Waals surface area contributed by atoms with E-state index in [4.69, 9.17) is 5.41 Å². The molecule has 0 aromatic heterocycles. The lowest BCUT2D eigenvalue weighted by Crippen LogP contribution is -2.11. The zero-order valence-corrected chi connectivity index (χ0v) is 10.4. The van der Waals surface area contributed by atoms with Gasteiger partial charge in [-0.25, -0.2) is 0 Å². The molecule has 0 fully saturated rings. The highest BCUT2D eigenvalue weighted by Gasteiger charge is 2.16. The van der Waals surface area contributed by atoms with Gasteiger partial charge < -0.3 is 4.18 Å². The van der Waals surface area contributed by atoms with Crippen molar-refractivity contribution in [3.8, 4) is 0 Å². The van der Waals surface area contributed by atoms with Crippen molar-refractivity contribution in [2.24, 2.45) is 0 Å². The van der Waals surface area contributed by atoms with Gasteiger partial charge >= 0.3 is 10.1 Å². The molecule has 0 saturated heterocycles. The number of halogens is 1. The van der Waals surface area contributed by atoms with E-state index in [0.29, 0.717) is 0 Å². The number of hydrogen-bond donors (Lipinski definition) is 1. The Morgan fingerprint density at radius 1 is 1.40 bits per heavy atom. The van der Waals surface area contributed by atoms with Crippen LogP contribution in [0.3, 0.4) is 0 Å². The molecule has 0 saturated carbocycles. The first-order valence-corrected chi connectivity index (χ1v) is 6.43. The molecule has 0 aliphatic rings. The van der Waals surface area contributed by atoms with Crippen LogP contribution < -0.4 is 0 Å². The van der Waals surface area contributed by atoms with Crippen LogP contribution in [0.1, 0.15) is 13.3 Å². The minimum Gasteiger partial charge on any atom is -0.364 e. The molecule has 1 aromatic carbocycles. The van der Waals surface area contributed by atoms with Gasteiger partial charge in [0.25, 0.3) is 0 Å². The van der Waals surface area contributed by atoms with Crippen LogP contribution in [0.5, 0.6) is 0 Å². The standard InChI is InChI=1S/C9H10BrNO3S/c1-2-9(11)14-15(12,13)8-5-3-7(10)4-6-8/h3-6,11H,2H2,1H3. The van der Waals surface area contributed by atoms with Crippen LogP contribution in [0.15, 0.2) is 33.6 Å². The molecule has 0 spiro atoms. The first-order valence-electron chi connectivity index (χ1n) is 4.23. The normalized spacial score (nSPS) is 11.1. The second-order valence-electron chi connectivity index (χ2n) is 2.77. The second-order valence-corrected chi connectivity index (χ2v) is 5.23. The molecule has 6 heteroatoms. The zero-order valence-electron chi connectivity index (χ0n) is 8.03. The van der Waals surface area contributed by atoms with Crippen LogP contribution in [0.2, 0.25) is 0 Å². The minimum atomic E-state index is -3.83. The van der Waals surface area contributed by atoms with E-state index >= 15 is 0 Å². The lowest BCUT2D eigenvalue weighted by molar-refractivity contribution is 0.473. The fourth-order valence-electron chi connectivity index (χ4n) is 0.841. The largest absolute Gasteiger partial charge is 0.364 e. The van der Waals surface area contributed by atoms with E-state index in [9.17, 15) is 8.42 Å². The molecule has 4 nitrogen and oxygen atoms in total.